The Labute approximate surface area is 323 Å². The van der Waals surface area contributed by atoms with Crippen LogP contribution in [0.3, 0.4) is 0 Å². The molecule has 0 N–H and O–H groups in total. The highest BCUT2D eigenvalue weighted by atomic mass is 32.1. The molecule has 0 spiro atoms. The van der Waals surface area contributed by atoms with Gasteiger partial charge in [-0.3, -0.25) is 0 Å². The third-order valence-corrected chi connectivity index (χ3v) is 12.2. The molecule has 0 saturated carbocycles. The van der Waals surface area contributed by atoms with Crippen molar-refractivity contribution in [3.05, 3.63) is 175 Å². The van der Waals surface area contributed by atoms with Gasteiger partial charge in [0.05, 0.1) is 10.4 Å². The van der Waals surface area contributed by atoms with Crippen molar-refractivity contribution in [1.29, 1.82) is 0 Å². The maximum Gasteiger partial charge on any atom is 0.0640 e. The molecule has 0 aliphatic heterocycles. The minimum atomic E-state index is 0.0462. The lowest BCUT2D eigenvalue weighted by atomic mass is 9.82. The molecular weight excluding hydrogens is 671 g/mol. The number of hydrogen-bond donors (Lipinski definition) is 0. The molecule has 1 nitrogen and oxygen atoms in total. The van der Waals surface area contributed by atoms with E-state index in [2.05, 4.69) is 210 Å². The van der Waals surface area contributed by atoms with Gasteiger partial charge in [0.1, 0.15) is 0 Å². The van der Waals surface area contributed by atoms with Gasteiger partial charge < -0.3 is 4.90 Å². The van der Waals surface area contributed by atoms with Crippen LogP contribution >= 0.6 is 11.3 Å². The smallest absolute Gasteiger partial charge is 0.0640 e. The van der Waals surface area contributed by atoms with Gasteiger partial charge >= 0.3 is 0 Å². The first-order chi connectivity index (χ1) is 26.0. The number of rotatable bonds is 5. The van der Waals surface area contributed by atoms with Crippen LogP contribution in [-0.2, 0) is 10.8 Å². The van der Waals surface area contributed by atoms with Crippen LogP contribution in [0.4, 0.5) is 17.1 Å². The highest BCUT2D eigenvalue weighted by molar-refractivity contribution is 7.26. The number of nitrogens with zero attached hydrogens (tertiary/aromatic N) is 1. The van der Waals surface area contributed by atoms with Crippen molar-refractivity contribution in [3.63, 3.8) is 0 Å². The summed E-state index contributed by atoms with van der Waals surface area (Å²) in [6.45, 7) is 13.8. The van der Waals surface area contributed by atoms with Crippen LogP contribution in [0.2, 0.25) is 0 Å². The summed E-state index contributed by atoms with van der Waals surface area (Å²) < 4.78 is 2.60. The van der Waals surface area contributed by atoms with E-state index in [0.717, 1.165) is 11.4 Å². The molecule has 0 unspecified atom stereocenters. The predicted octanol–water partition coefficient (Wildman–Crippen LogP) is 15.8. The van der Waals surface area contributed by atoms with Gasteiger partial charge in [-0.15, -0.1) is 11.3 Å². The summed E-state index contributed by atoms with van der Waals surface area (Å²) in [5, 5.41) is 7.80. The Kier molecular flexibility index (Phi) is 8.21. The van der Waals surface area contributed by atoms with E-state index in [-0.39, 0.29) is 10.8 Å². The number of hydrogen-bond acceptors (Lipinski definition) is 2. The van der Waals surface area contributed by atoms with Crippen LogP contribution in [0, 0.1) is 0 Å². The van der Waals surface area contributed by atoms with Crippen molar-refractivity contribution < 1.29 is 0 Å². The minimum absolute atomic E-state index is 0.0462. The zero-order valence-corrected chi connectivity index (χ0v) is 32.8. The lowest BCUT2D eigenvalue weighted by Crippen LogP contribution is -2.11. The van der Waals surface area contributed by atoms with Crippen molar-refractivity contribution in [1.82, 2.24) is 0 Å². The SMILES string of the molecule is CC(C)(C)c1ccc2c(c1)cc(-c1ccc(N(c3ccc(-c4ccccc4)cc3)c3cccc4c3sc3ccccc34)cc1)c1cc(C(C)(C)C)ccc12. The van der Waals surface area contributed by atoms with E-state index in [4.69, 9.17) is 0 Å². The van der Waals surface area contributed by atoms with Crippen LogP contribution in [0.25, 0.3) is 64.0 Å². The molecule has 0 atom stereocenters. The van der Waals surface area contributed by atoms with E-state index in [1.807, 2.05) is 11.3 Å². The maximum atomic E-state index is 2.43. The van der Waals surface area contributed by atoms with Crippen LogP contribution in [-0.4, -0.2) is 0 Å². The van der Waals surface area contributed by atoms with Crippen molar-refractivity contribution in [2.45, 2.75) is 52.4 Å². The minimum Gasteiger partial charge on any atom is -0.309 e. The molecule has 0 bridgehead atoms. The molecule has 0 radical (unpaired) electrons. The Morgan fingerprint density at radius 3 is 1.67 bits per heavy atom. The number of fused-ring (bicyclic) bond motifs is 6. The van der Waals surface area contributed by atoms with E-state index in [9.17, 15) is 0 Å². The fourth-order valence-corrected chi connectivity index (χ4v) is 9.10. The molecule has 0 aliphatic carbocycles. The third kappa shape index (κ3) is 6.05. The van der Waals surface area contributed by atoms with Gasteiger partial charge in [0.25, 0.3) is 0 Å². The zero-order chi connectivity index (χ0) is 37.2. The van der Waals surface area contributed by atoms with E-state index < -0.39 is 0 Å². The predicted molar refractivity (Wildman–Crippen MR) is 237 cm³/mol. The highest BCUT2D eigenvalue weighted by Gasteiger charge is 2.21. The van der Waals surface area contributed by atoms with Gasteiger partial charge in [-0.1, -0.05) is 157 Å². The quantitative estimate of drug-likeness (QED) is 0.160. The molecule has 8 aromatic carbocycles. The average Bonchev–Trinajstić information content (AvgIpc) is 3.57. The summed E-state index contributed by atoms with van der Waals surface area (Å²) in [7, 11) is 0. The van der Waals surface area contributed by atoms with Crippen LogP contribution in [0.5, 0.6) is 0 Å². The topological polar surface area (TPSA) is 3.24 Å². The second-order valence-electron chi connectivity index (χ2n) is 16.7. The molecule has 264 valence electrons. The Bertz CT molecular complexity index is 2810. The average molecular weight is 716 g/mol. The number of benzene rings is 8. The first-order valence-corrected chi connectivity index (χ1v) is 19.8. The normalized spacial score (nSPS) is 12.3. The van der Waals surface area contributed by atoms with Crippen LogP contribution in [0.1, 0.15) is 52.7 Å². The van der Waals surface area contributed by atoms with Gasteiger partial charge in [0, 0.05) is 26.8 Å². The monoisotopic (exact) mass is 715 g/mol. The van der Waals surface area contributed by atoms with Crippen LogP contribution in [0.15, 0.2) is 164 Å². The van der Waals surface area contributed by atoms with Crippen molar-refractivity contribution in [2.75, 3.05) is 4.90 Å². The molecule has 1 aromatic heterocycles. The fraction of sp³-hybridized carbons (Fsp3) is 0.154. The van der Waals surface area contributed by atoms with Gasteiger partial charge in [0.2, 0.25) is 0 Å². The van der Waals surface area contributed by atoms with Crippen molar-refractivity contribution >= 4 is 70.1 Å². The third-order valence-electron chi connectivity index (χ3n) is 11.0. The van der Waals surface area contributed by atoms with Crippen molar-refractivity contribution in [2.24, 2.45) is 0 Å². The van der Waals surface area contributed by atoms with E-state index in [1.54, 1.807) is 0 Å². The van der Waals surface area contributed by atoms with E-state index >= 15 is 0 Å². The molecule has 0 aliphatic rings. The van der Waals surface area contributed by atoms with Gasteiger partial charge in [0.15, 0.2) is 0 Å². The summed E-state index contributed by atoms with van der Waals surface area (Å²) in [6.07, 6.45) is 0. The lowest BCUT2D eigenvalue weighted by Gasteiger charge is -2.27. The molecule has 9 rings (SSSR count). The largest absolute Gasteiger partial charge is 0.309 e. The van der Waals surface area contributed by atoms with Crippen molar-refractivity contribution in [3.8, 4) is 22.3 Å². The molecule has 54 heavy (non-hydrogen) atoms. The summed E-state index contributed by atoms with van der Waals surface area (Å²) in [4.78, 5) is 2.43. The van der Waals surface area contributed by atoms with E-state index in [1.165, 1.54) is 80.8 Å². The highest BCUT2D eigenvalue weighted by Crippen LogP contribution is 2.46. The van der Waals surface area contributed by atoms with Gasteiger partial charge in [-0.25, -0.2) is 0 Å². The molecule has 2 heteroatoms. The molecule has 9 aromatic rings. The zero-order valence-electron chi connectivity index (χ0n) is 31.9. The lowest BCUT2D eigenvalue weighted by molar-refractivity contribution is 0.590. The Morgan fingerprint density at radius 2 is 0.981 bits per heavy atom. The Hall–Kier alpha value is -5.70. The van der Waals surface area contributed by atoms with Gasteiger partial charge in [-0.05, 0) is 114 Å². The standard InChI is InChI=1S/C52H45NS/c1-51(2,3)38-23-29-42-37(31-38)32-46(47-33-39(52(4,5)6)24-30-43(42)47)36-21-27-41(28-22-36)53(40-25-19-35(20-26-40)34-13-8-7-9-14-34)48-17-12-16-45-44-15-10-11-18-49(44)54-50(45)48/h7-33H,1-6H3. The molecule has 0 saturated heterocycles. The molecule has 0 fully saturated rings. The number of anilines is 3. The molecule has 0 amide bonds. The van der Waals surface area contributed by atoms with E-state index in [0.29, 0.717) is 0 Å². The Balaban J connectivity index is 1.22. The van der Waals surface area contributed by atoms with Crippen LogP contribution < -0.4 is 4.90 Å². The number of thiophene rings is 1. The molecule has 1 heterocycles. The first kappa shape index (κ1) is 34.1. The first-order valence-electron chi connectivity index (χ1n) is 19.0. The summed E-state index contributed by atoms with van der Waals surface area (Å²) >= 11 is 1.87. The van der Waals surface area contributed by atoms with Gasteiger partial charge in [-0.2, -0.15) is 0 Å². The fourth-order valence-electron chi connectivity index (χ4n) is 7.89. The maximum absolute atomic E-state index is 2.43. The summed E-state index contributed by atoms with van der Waals surface area (Å²) in [5.41, 5.74) is 11.2. The summed E-state index contributed by atoms with van der Waals surface area (Å²) in [6, 6.07) is 61.0. The molecular formula is C52H45NS. The summed E-state index contributed by atoms with van der Waals surface area (Å²) in [5.74, 6) is 0. The Morgan fingerprint density at radius 1 is 0.407 bits per heavy atom. The second-order valence-corrected chi connectivity index (χ2v) is 17.7. The second kappa shape index (κ2) is 13.0.